The Morgan fingerprint density at radius 2 is 1.59 bits per heavy atom. The zero-order valence-electron chi connectivity index (χ0n) is 16.3. The van der Waals surface area contributed by atoms with E-state index >= 15 is 0 Å². The van der Waals surface area contributed by atoms with E-state index in [1.165, 1.54) is 37.2 Å². The van der Waals surface area contributed by atoms with Crippen molar-refractivity contribution < 1.29 is 4.39 Å². The summed E-state index contributed by atoms with van der Waals surface area (Å²) in [5.41, 5.74) is 3.65. The summed E-state index contributed by atoms with van der Waals surface area (Å²) < 4.78 is 13.4. The normalized spacial score (nSPS) is 20.1. The smallest absolute Gasteiger partial charge is 0.123 e. The summed E-state index contributed by atoms with van der Waals surface area (Å²) in [5.74, 6) is -0.139. The molecular weight excluding hydrogens is 337 g/mol. The van der Waals surface area contributed by atoms with Gasteiger partial charge in [0.05, 0.1) is 0 Å². The summed E-state index contributed by atoms with van der Waals surface area (Å²) in [4.78, 5) is 7.69. The van der Waals surface area contributed by atoms with Gasteiger partial charge in [-0.05, 0) is 49.1 Å². The highest BCUT2D eigenvalue weighted by Crippen LogP contribution is 2.26. The van der Waals surface area contributed by atoms with Gasteiger partial charge in [-0.3, -0.25) is 9.80 Å². The van der Waals surface area contributed by atoms with Gasteiger partial charge >= 0.3 is 0 Å². The predicted molar refractivity (Wildman–Crippen MR) is 110 cm³/mol. The molecule has 2 aromatic carbocycles. The van der Waals surface area contributed by atoms with Crippen LogP contribution in [0.5, 0.6) is 0 Å². The molecule has 0 unspecified atom stereocenters. The van der Waals surface area contributed by atoms with Crippen LogP contribution in [0.15, 0.2) is 48.5 Å². The largest absolute Gasteiger partial charge is 0.371 e. The lowest BCUT2D eigenvalue weighted by molar-refractivity contribution is 0.0812. The molecule has 4 rings (SSSR count). The van der Waals surface area contributed by atoms with Gasteiger partial charge in [-0.2, -0.15) is 0 Å². The highest BCUT2D eigenvalue weighted by molar-refractivity contribution is 5.53. The van der Waals surface area contributed by atoms with Crippen LogP contribution >= 0.6 is 0 Å². The summed E-state index contributed by atoms with van der Waals surface area (Å²) in [7, 11) is 0. The monoisotopic (exact) mass is 367 g/mol. The molecule has 0 saturated carbocycles. The van der Waals surface area contributed by atoms with Crippen molar-refractivity contribution in [3.8, 4) is 0 Å². The Labute approximate surface area is 162 Å². The maximum atomic E-state index is 13.4. The number of benzene rings is 2. The molecule has 3 nitrogen and oxygen atoms in total. The number of anilines is 1. The molecular formula is C23H30FN3. The lowest BCUT2D eigenvalue weighted by Crippen LogP contribution is -2.53. The molecule has 0 amide bonds. The van der Waals surface area contributed by atoms with Crippen LogP contribution in [0.2, 0.25) is 0 Å². The van der Waals surface area contributed by atoms with Crippen LogP contribution in [0, 0.1) is 12.7 Å². The van der Waals surface area contributed by atoms with E-state index in [4.69, 9.17) is 0 Å². The lowest BCUT2D eigenvalue weighted by atomic mass is 10.0. The molecule has 0 bridgehead atoms. The standard InChI is InChI=1S/C23H30FN3/c1-19-17-21(24)7-8-23(19)27-11-9-22(10-12-27)26-15-13-25(14-16-26)18-20-5-3-2-4-6-20/h2-8,17,22H,9-16,18H2,1H3. The molecule has 2 aliphatic heterocycles. The van der Waals surface area contributed by atoms with Gasteiger partial charge in [0.2, 0.25) is 0 Å². The van der Waals surface area contributed by atoms with E-state index in [0.717, 1.165) is 38.3 Å². The van der Waals surface area contributed by atoms with Crippen molar-refractivity contribution in [2.75, 3.05) is 44.2 Å². The average molecular weight is 368 g/mol. The number of rotatable bonds is 4. The van der Waals surface area contributed by atoms with E-state index in [9.17, 15) is 4.39 Å². The lowest BCUT2D eigenvalue weighted by Gasteiger charge is -2.43. The molecule has 0 N–H and O–H groups in total. The first-order chi connectivity index (χ1) is 13.2. The summed E-state index contributed by atoms with van der Waals surface area (Å²) in [5, 5.41) is 0. The van der Waals surface area contributed by atoms with Crippen LogP contribution in [0.3, 0.4) is 0 Å². The van der Waals surface area contributed by atoms with E-state index < -0.39 is 0 Å². The van der Waals surface area contributed by atoms with E-state index in [0.29, 0.717) is 6.04 Å². The van der Waals surface area contributed by atoms with Crippen LogP contribution in [0.4, 0.5) is 10.1 Å². The number of piperazine rings is 1. The van der Waals surface area contributed by atoms with Gasteiger partial charge < -0.3 is 4.90 Å². The Balaban J connectivity index is 1.26. The van der Waals surface area contributed by atoms with Gasteiger partial charge in [0, 0.05) is 57.5 Å². The molecule has 2 aliphatic rings. The third kappa shape index (κ3) is 4.50. The Kier molecular flexibility index (Phi) is 5.74. The van der Waals surface area contributed by atoms with Crippen molar-refractivity contribution >= 4 is 5.69 Å². The molecule has 144 valence electrons. The number of piperidine rings is 1. The molecule has 2 heterocycles. The van der Waals surface area contributed by atoms with Crippen LogP contribution < -0.4 is 4.90 Å². The number of hydrogen-bond donors (Lipinski definition) is 0. The molecule has 0 spiro atoms. The van der Waals surface area contributed by atoms with E-state index in [1.807, 2.05) is 13.0 Å². The SMILES string of the molecule is Cc1cc(F)ccc1N1CCC(N2CCN(Cc3ccccc3)CC2)CC1. The molecule has 0 aliphatic carbocycles. The van der Waals surface area contributed by atoms with Crippen molar-refractivity contribution in [1.82, 2.24) is 9.80 Å². The summed E-state index contributed by atoms with van der Waals surface area (Å²) in [6.45, 7) is 9.88. The van der Waals surface area contributed by atoms with Crippen LogP contribution in [0.1, 0.15) is 24.0 Å². The molecule has 2 fully saturated rings. The van der Waals surface area contributed by atoms with Gasteiger partial charge in [0.1, 0.15) is 5.82 Å². The molecule has 4 heteroatoms. The van der Waals surface area contributed by atoms with Crippen LogP contribution in [-0.2, 0) is 6.54 Å². The Morgan fingerprint density at radius 3 is 2.26 bits per heavy atom. The first kappa shape index (κ1) is 18.5. The maximum absolute atomic E-state index is 13.4. The first-order valence-electron chi connectivity index (χ1n) is 10.2. The zero-order chi connectivity index (χ0) is 18.6. The fourth-order valence-corrected chi connectivity index (χ4v) is 4.57. The van der Waals surface area contributed by atoms with E-state index in [-0.39, 0.29) is 5.82 Å². The molecule has 2 saturated heterocycles. The van der Waals surface area contributed by atoms with Gasteiger partial charge in [0.25, 0.3) is 0 Å². The van der Waals surface area contributed by atoms with E-state index in [1.54, 1.807) is 12.1 Å². The first-order valence-corrected chi connectivity index (χ1v) is 10.2. The fraction of sp³-hybridized carbons (Fsp3) is 0.478. The van der Waals surface area contributed by atoms with Crippen molar-refractivity contribution in [3.05, 3.63) is 65.5 Å². The minimum Gasteiger partial charge on any atom is -0.371 e. The minimum atomic E-state index is -0.139. The Hall–Kier alpha value is -1.91. The van der Waals surface area contributed by atoms with Gasteiger partial charge in [-0.25, -0.2) is 4.39 Å². The van der Waals surface area contributed by atoms with Crippen molar-refractivity contribution in [3.63, 3.8) is 0 Å². The minimum absolute atomic E-state index is 0.139. The molecule has 0 radical (unpaired) electrons. The Morgan fingerprint density at radius 1 is 0.889 bits per heavy atom. The van der Waals surface area contributed by atoms with Crippen molar-refractivity contribution in [2.45, 2.75) is 32.4 Å². The van der Waals surface area contributed by atoms with Gasteiger partial charge in [-0.15, -0.1) is 0 Å². The summed E-state index contributed by atoms with van der Waals surface area (Å²) in [6.07, 6.45) is 2.41. The summed E-state index contributed by atoms with van der Waals surface area (Å²) in [6, 6.07) is 16.6. The topological polar surface area (TPSA) is 9.72 Å². The van der Waals surface area contributed by atoms with Crippen molar-refractivity contribution in [1.29, 1.82) is 0 Å². The van der Waals surface area contributed by atoms with E-state index in [2.05, 4.69) is 45.0 Å². The number of aryl methyl sites for hydroxylation is 1. The van der Waals surface area contributed by atoms with Crippen LogP contribution in [-0.4, -0.2) is 55.1 Å². The van der Waals surface area contributed by atoms with Crippen molar-refractivity contribution in [2.24, 2.45) is 0 Å². The average Bonchev–Trinajstić information content (AvgIpc) is 2.70. The predicted octanol–water partition coefficient (Wildman–Crippen LogP) is 3.92. The third-order valence-corrected chi connectivity index (χ3v) is 6.14. The maximum Gasteiger partial charge on any atom is 0.123 e. The second-order valence-corrected chi connectivity index (χ2v) is 7.95. The van der Waals surface area contributed by atoms with Gasteiger partial charge in [0.15, 0.2) is 0 Å². The fourth-order valence-electron chi connectivity index (χ4n) is 4.57. The second kappa shape index (κ2) is 8.41. The number of halogens is 1. The molecule has 0 atom stereocenters. The second-order valence-electron chi connectivity index (χ2n) is 7.95. The number of nitrogens with zero attached hydrogens (tertiary/aromatic N) is 3. The highest BCUT2D eigenvalue weighted by Gasteiger charge is 2.27. The zero-order valence-corrected chi connectivity index (χ0v) is 16.3. The van der Waals surface area contributed by atoms with Crippen LogP contribution in [0.25, 0.3) is 0 Å². The highest BCUT2D eigenvalue weighted by atomic mass is 19.1. The molecule has 0 aromatic heterocycles. The quantitative estimate of drug-likeness (QED) is 0.811. The number of hydrogen-bond acceptors (Lipinski definition) is 3. The molecule has 2 aromatic rings. The third-order valence-electron chi connectivity index (χ3n) is 6.14. The summed E-state index contributed by atoms with van der Waals surface area (Å²) >= 11 is 0. The van der Waals surface area contributed by atoms with Gasteiger partial charge in [-0.1, -0.05) is 30.3 Å². The Bertz CT molecular complexity index is 733. The molecule has 27 heavy (non-hydrogen) atoms.